The third kappa shape index (κ3) is 5.00. The molecule has 158 valence electrons. The van der Waals surface area contributed by atoms with Crippen molar-refractivity contribution in [2.24, 2.45) is 0 Å². The van der Waals surface area contributed by atoms with Crippen LogP contribution < -0.4 is 14.4 Å². The number of benzene rings is 2. The van der Waals surface area contributed by atoms with Gasteiger partial charge in [-0.3, -0.25) is 0 Å². The number of alkyl halides is 3. The third-order valence-corrected chi connectivity index (χ3v) is 4.08. The van der Waals surface area contributed by atoms with Crippen LogP contribution in [0.25, 0.3) is 0 Å². The van der Waals surface area contributed by atoms with Gasteiger partial charge in [-0.25, -0.2) is 4.98 Å². The van der Waals surface area contributed by atoms with Gasteiger partial charge in [-0.05, 0) is 45.0 Å². The number of hydrogen-bond donors (Lipinski definition) is 0. The average molecular weight is 417 g/mol. The summed E-state index contributed by atoms with van der Waals surface area (Å²) in [5, 5.41) is 0. The normalized spacial score (nSPS) is 11.4. The predicted octanol–water partition coefficient (Wildman–Crippen LogP) is 6.23. The zero-order valence-electron chi connectivity index (χ0n) is 16.8. The summed E-state index contributed by atoms with van der Waals surface area (Å²) in [4.78, 5) is 9.77. The molecule has 3 rings (SSSR count). The Balaban J connectivity index is 2.06. The molecule has 1 aromatic heterocycles. The Kier molecular flexibility index (Phi) is 6.44. The first-order valence-corrected chi connectivity index (χ1v) is 9.50. The summed E-state index contributed by atoms with van der Waals surface area (Å²) < 4.78 is 51.8. The molecule has 0 N–H and O–H groups in total. The fourth-order valence-corrected chi connectivity index (χ4v) is 2.81. The molecule has 0 aliphatic carbocycles. The zero-order valence-corrected chi connectivity index (χ0v) is 16.8. The van der Waals surface area contributed by atoms with Crippen molar-refractivity contribution in [3.8, 4) is 17.4 Å². The number of rotatable bonds is 7. The van der Waals surface area contributed by atoms with E-state index in [1.54, 1.807) is 47.4 Å². The van der Waals surface area contributed by atoms with Gasteiger partial charge in [0, 0.05) is 12.7 Å². The van der Waals surface area contributed by atoms with Crippen LogP contribution in [0.3, 0.4) is 0 Å². The van der Waals surface area contributed by atoms with Crippen LogP contribution in [0.4, 0.5) is 24.8 Å². The van der Waals surface area contributed by atoms with Crippen LogP contribution in [0, 0.1) is 0 Å². The largest absolute Gasteiger partial charge is 0.489 e. The summed E-state index contributed by atoms with van der Waals surface area (Å²) in [5.74, 6) is 0.360. The topological polar surface area (TPSA) is 47.5 Å². The molecule has 30 heavy (non-hydrogen) atoms. The van der Waals surface area contributed by atoms with Gasteiger partial charge in [0.2, 0.25) is 11.8 Å². The van der Waals surface area contributed by atoms with Crippen molar-refractivity contribution in [3.05, 3.63) is 66.4 Å². The van der Waals surface area contributed by atoms with E-state index in [4.69, 9.17) is 9.47 Å². The average Bonchev–Trinajstić information content (AvgIpc) is 2.69. The quantitative estimate of drug-likeness (QED) is 0.456. The van der Waals surface area contributed by atoms with Crippen LogP contribution in [0.1, 0.15) is 26.3 Å². The van der Waals surface area contributed by atoms with Gasteiger partial charge >= 0.3 is 6.18 Å². The fourth-order valence-electron chi connectivity index (χ4n) is 2.81. The van der Waals surface area contributed by atoms with Crippen LogP contribution in [-0.4, -0.2) is 22.6 Å². The minimum absolute atomic E-state index is 0.0737. The maximum absolute atomic E-state index is 13.5. The van der Waals surface area contributed by atoms with Crippen LogP contribution >= 0.6 is 0 Å². The summed E-state index contributed by atoms with van der Waals surface area (Å²) in [6, 6.07) is 15.4. The molecule has 0 radical (unpaired) electrons. The van der Waals surface area contributed by atoms with Gasteiger partial charge in [-0.15, -0.1) is 0 Å². The Morgan fingerprint density at radius 3 is 2.30 bits per heavy atom. The second kappa shape index (κ2) is 9.02. The minimum Gasteiger partial charge on any atom is -0.489 e. The molecule has 0 spiro atoms. The standard InChI is InChI=1S/C22H22F3N3O2/c1-4-28(18-12-8-9-13-19(18)29-15(2)3)21-26-14-17(22(23,24)25)20(27-21)30-16-10-6-5-7-11-16/h5-15H,4H2,1-3H3. The van der Waals surface area contributed by atoms with E-state index in [1.165, 1.54) is 0 Å². The number of hydrogen-bond acceptors (Lipinski definition) is 5. The Bertz CT molecular complexity index is 979. The molecule has 8 heteroatoms. The number of nitrogens with zero attached hydrogens (tertiary/aromatic N) is 3. The van der Waals surface area contributed by atoms with Gasteiger partial charge in [0.1, 0.15) is 17.1 Å². The van der Waals surface area contributed by atoms with Crippen molar-refractivity contribution in [1.82, 2.24) is 9.97 Å². The van der Waals surface area contributed by atoms with Gasteiger partial charge in [-0.2, -0.15) is 18.2 Å². The lowest BCUT2D eigenvalue weighted by atomic mass is 10.2. The summed E-state index contributed by atoms with van der Waals surface area (Å²) >= 11 is 0. The summed E-state index contributed by atoms with van der Waals surface area (Å²) in [5.41, 5.74) is -0.392. The first kappa shape index (κ1) is 21.4. The fraction of sp³-hybridized carbons (Fsp3) is 0.273. The maximum Gasteiger partial charge on any atom is 0.423 e. The maximum atomic E-state index is 13.5. The molecular weight excluding hydrogens is 395 g/mol. The molecule has 3 aromatic rings. The SMILES string of the molecule is CCN(c1ncc(C(F)(F)F)c(Oc2ccccc2)n1)c1ccccc1OC(C)C. The molecule has 2 aromatic carbocycles. The smallest absolute Gasteiger partial charge is 0.423 e. The monoisotopic (exact) mass is 417 g/mol. The molecule has 0 fully saturated rings. The first-order chi connectivity index (χ1) is 14.3. The van der Waals surface area contributed by atoms with Crippen molar-refractivity contribution >= 4 is 11.6 Å². The van der Waals surface area contributed by atoms with Crippen molar-refractivity contribution in [2.45, 2.75) is 33.1 Å². The molecule has 1 heterocycles. The number of ether oxygens (including phenoxy) is 2. The molecule has 0 aliphatic rings. The van der Waals surface area contributed by atoms with Crippen LogP contribution in [-0.2, 0) is 6.18 Å². The number of anilines is 2. The van der Waals surface area contributed by atoms with Gasteiger partial charge in [0.05, 0.1) is 11.8 Å². The van der Waals surface area contributed by atoms with E-state index in [1.807, 2.05) is 32.9 Å². The van der Waals surface area contributed by atoms with E-state index in [0.29, 0.717) is 18.0 Å². The van der Waals surface area contributed by atoms with Gasteiger partial charge in [0.25, 0.3) is 0 Å². The van der Waals surface area contributed by atoms with Gasteiger partial charge in [0.15, 0.2) is 0 Å². The Morgan fingerprint density at radius 1 is 1.00 bits per heavy atom. The van der Waals surface area contributed by atoms with Crippen LogP contribution in [0.5, 0.6) is 17.4 Å². The summed E-state index contributed by atoms with van der Waals surface area (Å²) in [7, 11) is 0. The number of para-hydroxylation sites is 3. The lowest BCUT2D eigenvalue weighted by Crippen LogP contribution is -2.21. The van der Waals surface area contributed by atoms with Gasteiger partial charge in [-0.1, -0.05) is 30.3 Å². The highest BCUT2D eigenvalue weighted by atomic mass is 19.4. The van der Waals surface area contributed by atoms with E-state index in [-0.39, 0.29) is 17.8 Å². The zero-order chi connectivity index (χ0) is 21.7. The van der Waals surface area contributed by atoms with Gasteiger partial charge < -0.3 is 14.4 Å². The highest BCUT2D eigenvalue weighted by Gasteiger charge is 2.37. The van der Waals surface area contributed by atoms with E-state index >= 15 is 0 Å². The summed E-state index contributed by atoms with van der Waals surface area (Å²) in [6.07, 6.45) is -3.98. The van der Waals surface area contributed by atoms with Crippen molar-refractivity contribution in [2.75, 3.05) is 11.4 Å². The van der Waals surface area contributed by atoms with E-state index < -0.39 is 17.6 Å². The Morgan fingerprint density at radius 2 is 1.67 bits per heavy atom. The van der Waals surface area contributed by atoms with Crippen LogP contribution in [0.15, 0.2) is 60.8 Å². The molecular formula is C22H22F3N3O2. The highest BCUT2D eigenvalue weighted by molar-refractivity contribution is 5.65. The van der Waals surface area contributed by atoms with E-state index in [0.717, 1.165) is 6.20 Å². The number of halogens is 3. The van der Waals surface area contributed by atoms with E-state index in [2.05, 4.69) is 9.97 Å². The Hall–Kier alpha value is -3.29. The predicted molar refractivity (Wildman–Crippen MR) is 108 cm³/mol. The van der Waals surface area contributed by atoms with E-state index in [9.17, 15) is 13.2 Å². The molecule has 0 bridgehead atoms. The molecule has 0 aliphatic heterocycles. The Labute approximate surface area is 173 Å². The molecule has 0 amide bonds. The lowest BCUT2D eigenvalue weighted by Gasteiger charge is -2.25. The second-order valence-corrected chi connectivity index (χ2v) is 6.68. The highest BCUT2D eigenvalue weighted by Crippen LogP contribution is 2.39. The number of aromatic nitrogens is 2. The third-order valence-electron chi connectivity index (χ3n) is 4.08. The molecule has 5 nitrogen and oxygen atoms in total. The minimum atomic E-state index is -4.65. The molecule has 0 unspecified atom stereocenters. The van der Waals surface area contributed by atoms with Crippen molar-refractivity contribution < 1.29 is 22.6 Å². The lowest BCUT2D eigenvalue weighted by molar-refractivity contribution is -0.139. The molecule has 0 saturated heterocycles. The molecule has 0 saturated carbocycles. The molecule has 0 atom stereocenters. The van der Waals surface area contributed by atoms with Crippen molar-refractivity contribution in [1.29, 1.82) is 0 Å². The second-order valence-electron chi connectivity index (χ2n) is 6.68. The van der Waals surface area contributed by atoms with Crippen molar-refractivity contribution in [3.63, 3.8) is 0 Å². The first-order valence-electron chi connectivity index (χ1n) is 9.50. The summed E-state index contributed by atoms with van der Waals surface area (Å²) in [6.45, 7) is 6.06. The van der Waals surface area contributed by atoms with Crippen LogP contribution in [0.2, 0.25) is 0 Å².